The van der Waals surface area contributed by atoms with Crippen LogP contribution in [0.5, 0.6) is 0 Å². The summed E-state index contributed by atoms with van der Waals surface area (Å²) in [5.41, 5.74) is 1.70. The predicted molar refractivity (Wildman–Crippen MR) is 178 cm³/mol. The second-order valence-electron chi connectivity index (χ2n) is 12.2. The van der Waals surface area contributed by atoms with E-state index in [0.717, 1.165) is 22.1 Å². The van der Waals surface area contributed by atoms with Gasteiger partial charge in [0.05, 0.1) is 17.1 Å². The minimum atomic E-state index is -4.41. The van der Waals surface area contributed by atoms with Gasteiger partial charge >= 0.3 is 5.97 Å². The highest BCUT2D eigenvalue weighted by atomic mass is 32.2. The Morgan fingerprint density at radius 3 is 2.31 bits per heavy atom. The lowest BCUT2D eigenvalue weighted by Gasteiger charge is -2.32. The van der Waals surface area contributed by atoms with Crippen LogP contribution in [0.25, 0.3) is 0 Å². The van der Waals surface area contributed by atoms with Gasteiger partial charge in [-0.2, -0.15) is 4.72 Å². The summed E-state index contributed by atoms with van der Waals surface area (Å²) in [6, 6.07) is 12.0. The third kappa shape index (κ3) is 8.25. The van der Waals surface area contributed by atoms with E-state index in [2.05, 4.69) is 25.7 Å². The molecule has 0 bridgehead atoms. The zero-order valence-electron chi connectivity index (χ0n) is 27.2. The smallest absolute Gasteiger partial charge is 0.323 e. The number of sulfonamides is 1. The molecule has 15 heteroatoms. The number of benzene rings is 3. The van der Waals surface area contributed by atoms with Crippen molar-refractivity contribution in [1.82, 2.24) is 25.6 Å². The van der Waals surface area contributed by atoms with Gasteiger partial charge in [0.15, 0.2) is 11.6 Å². The van der Waals surface area contributed by atoms with Crippen molar-refractivity contribution >= 4 is 39.1 Å². The maximum Gasteiger partial charge on any atom is 0.323 e. The number of nitrogens with one attached hydrogen (secondary N) is 4. The van der Waals surface area contributed by atoms with Crippen molar-refractivity contribution < 1.29 is 36.7 Å². The van der Waals surface area contributed by atoms with E-state index in [1.165, 1.54) is 0 Å². The van der Waals surface area contributed by atoms with Gasteiger partial charge in [0.25, 0.3) is 0 Å². The average molecular weight is 697 g/mol. The maximum absolute atomic E-state index is 14.9. The molecule has 260 valence electrons. The maximum atomic E-state index is 14.9. The Morgan fingerprint density at radius 2 is 1.67 bits per heavy atom. The number of carboxylic acid groups (broad SMARTS) is 1. The molecule has 49 heavy (non-hydrogen) atoms. The number of rotatable bonds is 13. The molecule has 0 spiro atoms. The molecule has 2 heterocycles. The first-order valence-electron chi connectivity index (χ1n) is 15.7. The molecule has 5 N–H and O–H groups in total. The highest BCUT2D eigenvalue weighted by Gasteiger charge is 2.42. The van der Waals surface area contributed by atoms with Crippen molar-refractivity contribution in [2.24, 2.45) is 10.9 Å². The highest BCUT2D eigenvalue weighted by Crippen LogP contribution is 2.34. The lowest BCUT2D eigenvalue weighted by molar-refractivity contribution is -0.141. The van der Waals surface area contributed by atoms with Crippen LogP contribution in [-0.2, 0) is 26.0 Å². The third-order valence-electron chi connectivity index (χ3n) is 8.40. The Hall–Kier alpha value is -4.41. The summed E-state index contributed by atoms with van der Waals surface area (Å²) in [6.45, 7) is 5.18. The molecule has 2 aliphatic rings. The summed E-state index contributed by atoms with van der Waals surface area (Å²) >= 11 is 0. The van der Waals surface area contributed by atoms with Gasteiger partial charge in [0.1, 0.15) is 29.8 Å². The molecule has 2 atom stereocenters. The first-order valence-corrected chi connectivity index (χ1v) is 17.2. The van der Waals surface area contributed by atoms with Crippen LogP contribution >= 0.6 is 0 Å². The van der Waals surface area contributed by atoms with E-state index >= 15 is 0 Å². The Kier molecular flexibility index (Phi) is 11.0. The number of nitrogens with zero attached hydrogens (tertiary/aromatic N) is 2. The van der Waals surface area contributed by atoms with Crippen LogP contribution in [0.4, 0.5) is 14.5 Å². The Morgan fingerprint density at radius 1 is 1.02 bits per heavy atom. The number of carbonyl (C=O) groups excluding carboxylic acids is 2. The number of hydrogen-bond acceptors (Lipinski definition) is 9. The Bertz CT molecular complexity index is 1880. The lowest BCUT2D eigenvalue weighted by Crippen LogP contribution is -2.57. The molecule has 12 nitrogen and oxygen atoms in total. The summed E-state index contributed by atoms with van der Waals surface area (Å²) in [5, 5.41) is 19.4. The summed E-state index contributed by atoms with van der Waals surface area (Å²) in [5.74, 6) is -7.13. The van der Waals surface area contributed by atoms with Crippen LogP contribution in [0, 0.1) is 38.3 Å². The first kappa shape index (κ1) is 35.9. The predicted octanol–water partition coefficient (Wildman–Crippen LogP) is 2.69. The van der Waals surface area contributed by atoms with Crippen LogP contribution in [-0.4, -0.2) is 80.4 Å². The number of aryl methyl sites for hydroxylation is 4. The van der Waals surface area contributed by atoms with Crippen LogP contribution in [0.1, 0.15) is 39.0 Å². The summed E-state index contributed by atoms with van der Waals surface area (Å²) in [6.07, 6.45) is -0.100. The van der Waals surface area contributed by atoms with Gasteiger partial charge in [-0.1, -0.05) is 48.0 Å². The number of aliphatic imine (C=N–C) groups is 1. The zero-order valence-corrected chi connectivity index (χ0v) is 28.0. The highest BCUT2D eigenvalue weighted by molar-refractivity contribution is 7.89. The Balaban J connectivity index is 1.50. The quantitative estimate of drug-likeness (QED) is 0.133. The van der Waals surface area contributed by atoms with Gasteiger partial charge in [-0.05, 0) is 56.4 Å². The van der Waals surface area contributed by atoms with Crippen LogP contribution in [0.3, 0.4) is 0 Å². The van der Waals surface area contributed by atoms with Gasteiger partial charge in [-0.15, -0.1) is 0 Å². The fourth-order valence-electron chi connectivity index (χ4n) is 6.24. The molecule has 5 rings (SSSR count). The van der Waals surface area contributed by atoms with Crippen LogP contribution in [0.15, 0.2) is 64.5 Å². The molecule has 1 fully saturated rings. The third-order valence-corrected chi connectivity index (χ3v) is 10.2. The number of carbonyl (C=O) groups is 3. The average Bonchev–Trinajstić information content (AvgIpc) is 3.55. The normalized spacial score (nSPS) is 17.0. The van der Waals surface area contributed by atoms with Crippen molar-refractivity contribution in [3.05, 3.63) is 94.0 Å². The number of fused-ring (bicyclic) bond motifs is 1. The van der Waals surface area contributed by atoms with E-state index in [4.69, 9.17) is 0 Å². The van der Waals surface area contributed by atoms with Crippen LogP contribution < -0.4 is 20.7 Å². The number of aliphatic carboxylic acids is 1. The van der Waals surface area contributed by atoms with Crippen LogP contribution in [0.2, 0.25) is 0 Å². The minimum absolute atomic E-state index is 0.0114. The Labute approximate surface area is 283 Å². The van der Waals surface area contributed by atoms with E-state index in [9.17, 15) is 36.7 Å². The number of amides is 1. The number of hydrogen-bond donors (Lipinski definition) is 5. The molecule has 2 unspecified atom stereocenters. The molecule has 3 aromatic carbocycles. The van der Waals surface area contributed by atoms with E-state index in [1.54, 1.807) is 32.9 Å². The monoisotopic (exact) mass is 696 g/mol. The molecule has 0 aromatic heterocycles. The SMILES string of the molecule is Cc1cc(C)c(S(=O)(=O)NC(CN(CNC2NCCN2)C(=O)C2C(=O)c3cc(F)cc(F)c3N=C2CCc2ccccc2)C(=O)O)c(C)c1. The second kappa shape index (κ2) is 15.0. The lowest BCUT2D eigenvalue weighted by atomic mass is 9.85. The fraction of sp³-hybridized carbons (Fsp3) is 0.353. The van der Waals surface area contributed by atoms with E-state index in [1.807, 2.05) is 30.3 Å². The first-order chi connectivity index (χ1) is 23.2. The molecule has 1 saturated heterocycles. The summed E-state index contributed by atoms with van der Waals surface area (Å²) in [7, 11) is -4.41. The number of halogens is 2. The van der Waals surface area contributed by atoms with E-state index in [-0.39, 0.29) is 29.4 Å². The topological polar surface area (TPSA) is 169 Å². The molecule has 0 saturated carbocycles. The van der Waals surface area contributed by atoms with Gasteiger partial charge in [-0.25, -0.2) is 17.2 Å². The number of ketones is 1. The van der Waals surface area contributed by atoms with Crippen molar-refractivity contribution in [3.63, 3.8) is 0 Å². The van der Waals surface area contributed by atoms with E-state index < -0.39 is 69.7 Å². The number of Topliss-reactive ketones (excluding diaryl/α,β-unsaturated/α-hetero) is 1. The zero-order chi connectivity index (χ0) is 35.5. The van der Waals surface area contributed by atoms with Gasteiger partial charge in [0.2, 0.25) is 15.9 Å². The molecule has 2 aliphatic heterocycles. The minimum Gasteiger partial charge on any atom is -0.480 e. The molecule has 0 radical (unpaired) electrons. The van der Waals surface area contributed by atoms with E-state index in [0.29, 0.717) is 36.7 Å². The second-order valence-corrected chi connectivity index (χ2v) is 13.8. The molecular formula is C34H38F2N6O6S. The fourth-order valence-corrected chi connectivity index (χ4v) is 7.88. The largest absolute Gasteiger partial charge is 0.480 e. The summed E-state index contributed by atoms with van der Waals surface area (Å²) < 4.78 is 58.6. The van der Waals surface area contributed by atoms with Gasteiger partial charge in [-0.3, -0.25) is 35.3 Å². The van der Waals surface area contributed by atoms with Gasteiger partial charge in [0, 0.05) is 31.4 Å². The summed E-state index contributed by atoms with van der Waals surface area (Å²) in [4.78, 5) is 46.2. The van der Waals surface area contributed by atoms with Crippen molar-refractivity contribution in [2.75, 3.05) is 26.3 Å². The standard InChI is InChI=1S/C34H38F2N6O6S/c1-19-13-20(2)31(21(3)14-19)49(47,48)41-27(33(45)46)17-42(18-39-34-37-11-12-38-34)32(44)28-26(10-9-22-7-5-4-6-8-22)40-29-24(30(28)43)15-23(35)16-25(29)36/h4-8,13-16,27-28,34,37-39,41H,9-12,17-18H2,1-3H3,(H,45,46). The molecule has 3 aromatic rings. The number of carboxylic acids is 1. The van der Waals surface area contributed by atoms with Gasteiger partial charge < -0.3 is 10.0 Å². The van der Waals surface area contributed by atoms with Crippen molar-refractivity contribution in [1.29, 1.82) is 0 Å². The van der Waals surface area contributed by atoms with Crippen molar-refractivity contribution in [2.45, 2.75) is 50.8 Å². The molecular weight excluding hydrogens is 658 g/mol. The molecule has 1 amide bonds. The van der Waals surface area contributed by atoms with Crippen molar-refractivity contribution in [3.8, 4) is 0 Å². The molecule has 0 aliphatic carbocycles.